The van der Waals surface area contributed by atoms with Crippen LogP contribution in [0, 0.1) is 12.8 Å². The van der Waals surface area contributed by atoms with Gasteiger partial charge in [0.25, 0.3) is 5.91 Å². The molecule has 0 saturated carbocycles. The molecule has 2 N–H and O–H groups in total. The number of likely N-dealkylation sites (tertiary alicyclic amines) is 1. The largest absolute Gasteiger partial charge is 0.459 e. The Kier molecular flexibility index (Phi) is 11.5. The maximum Gasteiger partial charge on any atom is 0.423 e. The summed E-state index contributed by atoms with van der Waals surface area (Å²) in [6, 6.07) is 4.66. The Balaban J connectivity index is 2.39. The number of oxime groups is 1. The van der Waals surface area contributed by atoms with E-state index in [4.69, 9.17) is 9.47 Å². The number of carbonyl (C=O) groups is 4. The Bertz CT molecular complexity index is 1120. The molecule has 41 heavy (non-hydrogen) atoms. The van der Waals surface area contributed by atoms with E-state index in [-0.39, 0.29) is 36.3 Å². The summed E-state index contributed by atoms with van der Waals surface area (Å²) >= 11 is 0. The molecule has 1 unspecified atom stereocenters. The summed E-state index contributed by atoms with van der Waals surface area (Å²) in [5, 5.41) is 16.3. The van der Waals surface area contributed by atoms with Gasteiger partial charge in [-0.15, -0.1) is 0 Å². The molecule has 11 heteroatoms. The molecular weight excluding hydrogens is 528 g/mol. The molecule has 1 aromatic rings. The Labute approximate surface area is 243 Å². The summed E-state index contributed by atoms with van der Waals surface area (Å²) < 4.78 is 10.9. The SMILES string of the molecule is [CH2]c1ccc(C(=NO)N(C(=O)OC(C)(C)C)C(=O)[C@@H]2CCCN2C(=O)C(CC(C)C)NCC(=O)OC(C)(C)C)cc1. The summed E-state index contributed by atoms with van der Waals surface area (Å²) in [4.78, 5) is 55.6. The molecule has 2 atom stereocenters. The highest BCUT2D eigenvalue weighted by Gasteiger charge is 2.43. The molecule has 1 fully saturated rings. The number of rotatable bonds is 8. The lowest BCUT2D eigenvalue weighted by atomic mass is 10.0. The number of carbonyl (C=O) groups excluding carboxylic acids is 4. The summed E-state index contributed by atoms with van der Waals surface area (Å²) in [6.45, 7) is 18.1. The van der Waals surface area contributed by atoms with Gasteiger partial charge in [-0.1, -0.05) is 43.3 Å². The maximum atomic E-state index is 14.0. The average molecular weight is 574 g/mol. The quantitative estimate of drug-likeness (QED) is 0.156. The highest BCUT2D eigenvalue weighted by Crippen LogP contribution is 2.25. The highest BCUT2D eigenvalue weighted by atomic mass is 16.6. The zero-order chi connectivity index (χ0) is 31.1. The molecule has 1 aromatic carbocycles. The number of nitrogens with zero attached hydrogens (tertiary/aromatic N) is 3. The smallest absolute Gasteiger partial charge is 0.423 e. The molecule has 11 nitrogen and oxygen atoms in total. The first kappa shape index (κ1) is 33.7. The van der Waals surface area contributed by atoms with Crippen LogP contribution in [0.4, 0.5) is 4.79 Å². The van der Waals surface area contributed by atoms with Crippen LogP contribution < -0.4 is 5.32 Å². The fourth-order valence-electron chi connectivity index (χ4n) is 4.44. The van der Waals surface area contributed by atoms with Crippen molar-refractivity contribution in [1.29, 1.82) is 0 Å². The van der Waals surface area contributed by atoms with Gasteiger partial charge in [0.2, 0.25) is 5.91 Å². The third-order valence-corrected chi connectivity index (χ3v) is 6.05. The van der Waals surface area contributed by atoms with Crippen LogP contribution in [0.15, 0.2) is 29.4 Å². The second kappa shape index (κ2) is 13.9. The summed E-state index contributed by atoms with van der Waals surface area (Å²) in [7, 11) is 0. The number of esters is 1. The molecular formula is C30H45N4O7. The molecule has 1 heterocycles. The van der Waals surface area contributed by atoms with E-state index in [9.17, 15) is 24.4 Å². The van der Waals surface area contributed by atoms with Crippen molar-refractivity contribution in [2.45, 2.75) is 97.9 Å². The molecule has 227 valence electrons. The molecule has 0 bridgehead atoms. The summed E-state index contributed by atoms with van der Waals surface area (Å²) in [5.41, 5.74) is -0.657. The normalized spacial score (nSPS) is 16.9. The fourth-order valence-corrected chi connectivity index (χ4v) is 4.44. The van der Waals surface area contributed by atoms with E-state index in [1.807, 2.05) is 13.8 Å². The Morgan fingerprint density at radius 1 is 1.07 bits per heavy atom. The predicted molar refractivity (Wildman–Crippen MR) is 154 cm³/mol. The second-order valence-corrected chi connectivity index (χ2v) is 12.6. The van der Waals surface area contributed by atoms with E-state index in [1.54, 1.807) is 65.8 Å². The number of hydrogen-bond acceptors (Lipinski definition) is 9. The first-order valence-corrected chi connectivity index (χ1v) is 13.9. The summed E-state index contributed by atoms with van der Waals surface area (Å²) in [6.07, 6.45) is 0.193. The van der Waals surface area contributed by atoms with Gasteiger partial charge in [-0.25, -0.2) is 4.79 Å². The first-order valence-electron chi connectivity index (χ1n) is 13.9. The van der Waals surface area contributed by atoms with Crippen molar-refractivity contribution in [1.82, 2.24) is 15.1 Å². The molecule has 3 amide bonds. The van der Waals surface area contributed by atoms with Crippen LogP contribution in [-0.4, -0.2) is 81.1 Å². The van der Waals surface area contributed by atoms with Gasteiger partial charge in [-0.05, 0) is 79.2 Å². The van der Waals surface area contributed by atoms with Crippen molar-refractivity contribution < 1.29 is 33.9 Å². The molecule has 0 aromatic heterocycles. The van der Waals surface area contributed by atoms with Crippen LogP contribution >= 0.6 is 0 Å². The van der Waals surface area contributed by atoms with Crippen LogP contribution in [0.25, 0.3) is 0 Å². The van der Waals surface area contributed by atoms with Crippen molar-refractivity contribution >= 4 is 29.7 Å². The third kappa shape index (κ3) is 10.1. The number of nitrogens with one attached hydrogen (secondary N) is 1. The van der Waals surface area contributed by atoms with E-state index in [0.29, 0.717) is 29.7 Å². The lowest BCUT2D eigenvalue weighted by molar-refractivity contribution is -0.154. The Hall–Kier alpha value is -3.47. The Morgan fingerprint density at radius 2 is 1.66 bits per heavy atom. The summed E-state index contributed by atoms with van der Waals surface area (Å²) in [5.74, 6) is -1.85. The Morgan fingerprint density at radius 3 is 2.17 bits per heavy atom. The van der Waals surface area contributed by atoms with Gasteiger partial charge in [0.05, 0.1) is 12.6 Å². The number of ether oxygens (including phenoxy) is 2. The lowest BCUT2D eigenvalue weighted by Gasteiger charge is -2.33. The van der Waals surface area contributed by atoms with Gasteiger partial charge < -0.3 is 19.6 Å². The van der Waals surface area contributed by atoms with Crippen molar-refractivity contribution in [2.24, 2.45) is 11.1 Å². The monoisotopic (exact) mass is 573 g/mol. The first-order chi connectivity index (χ1) is 18.9. The van der Waals surface area contributed by atoms with E-state index >= 15 is 0 Å². The number of amides is 3. The van der Waals surface area contributed by atoms with E-state index in [0.717, 1.165) is 0 Å². The molecule has 0 aliphatic carbocycles. The zero-order valence-electron chi connectivity index (χ0n) is 25.5. The zero-order valence-corrected chi connectivity index (χ0v) is 25.5. The molecule has 1 aliphatic heterocycles. The molecule has 2 rings (SSSR count). The van der Waals surface area contributed by atoms with Gasteiger partial charge in [-0.3, -0.25) is 19.7 Å². The number of amidine groups is 1. The van der Waals surface area contributed by atoms with Gasteiger partial charge in [0.1, 0.15) is 17.2 Å². The van der Waals surface area contributed by atoms with Crippen LogP contribution in [0.5, 0.6) is 0 Å². The van der Waals surface area contributed by atoms with Crippen LogP contribution in [-0.2, 0) is 23.9 Å². The van der Waals surface area contributed by atoms with Gasteiger partial charge >= 0.3 is 12.1 Å². The molecule has 1 radical (unpaired) electrons. The molecule has 1 saturated heterocycles. The van der Waals surface area contributed by atoms with Gasteiger partial charge in [0, 0.05) is 12.1 Å². The predicted octanol–water partition coefficient (Wildman–Crippen LogP) is 4.11. The highest BCUT2D eigenvalue weighted by molar-refractivity contribution is 6.18. The van der Waals surface area contributed by atoms with Gasteiger partial charge in [0.15, 0.2) is 5.84 Å². The number of imide groups is 1. The number of hydrogen-bond donors (Lipinski definition) is 2. The van der Waals surface area contributed by atoms with Crippen LogP contribution in [0.3, 0.4) is 0 Å². The fraction of sp³-hybridized carbons (Fsp3) is 0.600. The van der Waals surface area contributed by atoms with E-state index < -0.39 is 41.3 Å². The second-order valence-electron chi connectivity index (χ2n) is 12.6. The molecule has 0 spiro atoms. The maximum absolute atomic E-state index is 14.0. The molecule has 1 aliphatic rings. The topological polar surface area (TPSA) is 138 Å². The van der Waals surface area contributed by atoms with Crippen LogP contribution in [0.1, 0.15) is 85.8 Å². The minimum Gasteiger partial charge on any atom is -0.459 e. The minimum atomic E-state index is -1.03. The lowest BCUT2D eigenvalue weighted by Crippen LogP contribution is -2.56. The van der Waals surface area contributed by atoms with Gasteiger partial charge in [-0.2, -0.15) is 4.90 Å². The van der Waals surface area contributed by atoms with E-state index in [2.05, 4.69) is 17.4 Å². The van der Waals surface area contributed by atoms with Crippen molar-refractivity contribution in [3.63, 3.8) is 0 Å². The standard InChI is InChI=1S/C30H45N4O7/c1-19(2)17-22(31-18-24(35)40-29(4,5)6)26(36)33-16-10-11-23(33)27(37)34(28(38)41-30(7,8)9)25(32-39)21-14-12-20(3)13-15-21/h12-15,19,22-23,31,39H,3,10-11,16-18H2,1-2,4-9H3/t22?,23-/m0/s1. The van der Waals surface area contributed by atoms with E-state index in [1.165, 1.54) is 4.90 Å². The van der Waals surface area contributed by atoms with Crippen molar-refractivity contribution in [3.8, 4) is 0 Å². The van der Waals surface area contributed by atoms with Crippen molar-refractivity contribution in [2.75, 3.05) is 13.1 Å². The number of benzene rings is 1. The minimum absolute atomic E-state index is 0.106. The van der Waals surface area contributed by atoms with Crippen molar-refractivity contribution in [3.05, 3.63) is 42.3 Å². The average Bonchev–Trinajstić information content (AvgIpc) is 3.32. The van der Waals surface area contributed by atoms with Crippen LogP contribution in [0.2, 0.25) is 0 Å². The third-order valence-electron chi connectivity index (χ3n) is 6.05.